The lowest BCUT2D eigenvalue weighted by Crippen LogP contribution is -2.38. The van der Waals surface area contributed by atoms with Gasteiger partial charge in [0.05, 0.1) is 32.6 Å². The minimum atomic E-state index is -0.502. The number of nitrogens with zero attached hydrogens (tertiary/aromatic N) is 3. The highest BCUT2D eigenvalue weighted by Crippen LogP contribution is 2.10. The van der Waals surface area contributed by atoms with E-state index >= 15 is 0 Å². The summed E-state index contributed by atoms with van der Waals surface area (Å²) < 4.78 is 11.6. The number of aromatic nitrogens is 2. The van der Waals surface area contributed by atoms with Crippen LogP contribution in [-0.4, -0.2) is 60.6 Å². The van der Waals surface area contributed by atoms with Crippen LogP contribution in [0, 0.1) is 0 Å². The molecular weight excluding hydrogens is 236 g/mol. The van der Waals surface area contributed by atoms with Crippen LogP contribution in [0.3, 0.4) is 0 Å². The number of hydrogen-bond acceptors (Lipinski definition) is 6. The van der Waals surface area contributed by atoms with Gasteiger partial charge < -0.3 is 15.2 Å². The smallest absolute Gasteiger partial charge is 0.360 e. The van der Waals surface area contributed by atoms with Gasteiger partial charge in [0.1, 0.15) is 0 Å². The molecule has 0 atom stereocenters. The highest BCUT2D eigenvalue weighted by Gasteiger charge is 2.16. The number of methoxy groups -OCH3 is 1. The van der Waals surface area contributed by atoms with E-state index in [4.69, 9.17) is 10.5 Å². The van der Waals surface area contributed by atoms with Crippen LogP contribution in [0.5, 0.6) is 0 Å². The molecule has 1 saturated heterocycles. The summed E-state index contributed by atoms with van der Waals surface area (Å²) in [5, 5.41) is 4.12. The van der Waals surface area contributed by atoms with Crippen molar-refractivity contribution in [1.29, 1.82) is 0 Å². The number of hydrogen-bond donors (Lipinski definition) is 1. The molecule has 2 N–H and O–H groups in total. The summed E-state index contributed by atoms with van der Waals surface area (Å²) in [5.41, 5.74) is 6.24. The maximum absolute atomic E-state index is 11.3. The van der Waals surface area contributed by atoms with Crippen molar-refractivity contribution < 1.29 is 14.3 Å². The minimum Gasteiger partial charge on any atom is -0.464 e. The molecule has 2 heterocycles. The van der Waals surface area contributed by atoms with Gasteiger partial charge in [0.15, 0.2) is 5.69 Å². The molecule has 0 radical (unpaired) electrons. The van der Waals surface area contributed by atoms with Gasteiger partial charge in [0.25, 0.3) is 0 Å². The zero-order valence-corrected chi connectivity index (χ0v) is 10.5. The molecule has 0 bridgehead atoms. The summed E-state index contributed by atoms with van der Waals surface area (Å²) >= 11 is 0. The number of morpholine rings is 1. The van der Waals surface area contributed by atoms with Crippen molar-refractivity contribution in [1.82, 2.24) is 14.7 Å². The fourth-order valence-corrected chi connectivity index (χ4v) is 1.88. The van der Waals surface area contributed by atoms with Crippen molar-refractivity contribution in [3.63, 3.8) is 0 Å². The van der Waals surface area contributed by atoms with Gasteiger partial charge >= 0.3 is 5.97 Å². The molecular formula is C11H18N4O3. The molecule has 1 fully saturated rings. The molecule has 7 heteroatoms. The second-order valence-corrected chi connectivity index (χ2v) is 4.14. The monoisotopic (exact) mass is 254 g/mol. The minimum absolute atomic E-state index is 0.180. The summed E-state index contributed by atoms with van der Waals surface area (Å²) in [7, 11) is 1.31. The van der Waals surface area contributed by atoms with Crippen molar-refractivity contribution in [2.45, 2.75) is 6.54 Å². The molecule has 1 aromatic rings. The van der Waals surface area contributed by atoms with Gasteiger partial charge in [0, 0.05) is 25.8 Å². The summed E-state index contributed by atoms with van der Waals surface area (Å²) in [6.45, 7) is 4.97. The Hall–Kier alpha value is -1.60. The summed E-state index contributed by atoms with van der Waals surface area (Å²) in [5.74, 6) is -0.502. The molecule has 0 saturated carbocycles. The van der Waals surface area contributed by atoms with Crippen molar-refractivity contribution in [3.8, 4) is 0 Å². The highest BCUT2D eigenvalue weighted by atomic mass is 16.5. The zero-order chi connectivity index (χ0) is 13.0. The Labute approximate surface area is 105 Å². The fourth-order valence-electron chi connectivity index (χ4n) is 1.88. The first-order chi connectivity index (χ1) is 8.70. The first-order valence-corrected chi connectivity index (χ1v) is 5.92. The first-order valence-electron chi connectivity index (χ1n) is 5.92. The largest absolute Gasteiger partial charge is 0.464 e. The second-order valence-electron chi connectivity index (χ2n) is 4.14. The molecule has 18 heavy (non-hydrogen) atoms. The number of anilines is 1. The molecule has 1 aliphatic heterocycles. The van der Waals surface area contributed by atoms with E-state index in [1.54, 1.807) is 10.9 Å². The molecule has 0 spiro atoms. The van der Waals surface area contributed by atoms with Crippen molar-refractivity contribution in [2.75, 3.05) is 45.7 Å². The summed E-state index contributed by atoms with van der Waals surface area (Å²) in [6, 6.07) is 0. The third-order valence-corrected chi connectivity index (χ3v) is 2.92. The zero-order valence-electron chi connectivity index (χ0n) is 10.5. The average Bonchev–Trinajstić information content (AvgIpc) is 2.78. The molecule has 7 nitrogen and oxygen atoms in total. The van der Waals surface area contributed by atoms with Gasteiger partial charge in [-0.25, -0.2) is 4.79 Å². The van der Waals surface area contributed by atoms with Gasteiger partial charge in [-0.1, -0.05) is 0 Å². The van der Waals surface area contributed by atoms with E-state index in [0.717, 1.165) is 32.8 Å². The van der Waals surface area contributed by atoms with Gasteiger partial charge in [0.2, 0.25) is 0 Å². The van der Waals surface area contributed by atoms with Gasteiger partial charge in [-0.05, 0) is 0 Å². The molecule has 0 amide bonds. The standard InChI is InChI=1S/C11H18N4O3/c1-17-11(16)10-9(12)8-15(13-10)3-2-14-4-6-18-7-5-14/h8H,2-7,12H2,1H3. The Morgan fingerprint density at radius 2 is 2.22 bits per heavy atom. The lowest BCUT2D eigenvalue weighted by atomic mass is 10.4. The van der Waals surface area contributed by atoms with Crippen LogP contribution in [0.15, 0.2) is 6.20 Å². The van der Waals surface area contributed by atoms with E-state index < -0.39 is 5.97 Å². The maximum Gasteiger partial charge on any atom is 0.360 e. The van der Waals surface area contributed by atoms with E-state index in [1.807, 2.05) is 0 Å². The molecule has 0 unspecified atom stereocenters. The summed E-state index contributed by atoms with van der Waals surface area (Å²) in [6.07, 6.45) is 1.66. The lowest BCUT2D eigenvalue weighted by Gasteiger charge is -2.26. The molecule has 0 aromatic carbocycles. The van der Waals surface area contributed by atoms with Crippen LogP contribution in [-0.2, 0) is 16.0 Å². The predicted molar refractivity (Wildman–Crippen MR) is 65.2 cm³/mol. The molecule has 2 rings (SSSR count). The van der Waals surface area contributed by atoms with Gasteiger partial charge in [-0.3, -0.25) is 9.58 Å². The molecule has 1 aliphatic rings. The summed E-state index contributed by atoms with van der Waals surface area (Å²) in [4.78, 5) is 13.6. The quantitative estimate of drug-likeness (QED) is 0.735. The number of carbonyl (C=O) groups is 1. The number of nitrogen functional groups attached to an aromatic ring is 1. The van der Waals surface area contributed by atoms with Crippen molar-refractivity contribution in [2.24, 2.45) is 0 Å². The number of rotatable bonds is 4. The SMILES string of the molecule is COC(=O)c1nn(CCN2CCOCC2)cc1N. The van der Waals surface area contributed by atoms with E-state index in [9.17, 15) is 4.79 Å². The van der Waals surface area contributed by atoms with Crippen molar-refractivity contribution in [3.05, 3.63) is 11.9 Å². The molecule has 100 valence electrons. The Balaban J connectivity index is 1.91. The second kappa shape index (κ2) is 5.83. The van der Waals surface area contributed by atoms with Crippen LogP contribution in [0.25, 0.3) is 0 Å². The Kier molecular flexibility index (Phi) is 4.16. The Morgan fingerprint density at radius 3 is 2.89 bits per heavy atom. The van der Waals surface area contributed by atoms with E-state index in [1.165, 1.54) is 7.11 Å². The third-order valence-electron chi connectivity index (χ3n) is 2.92. The molecule has 1 aromatic heterocycles. The van der Waals surface area contributed by atoms with E-state index in [-0.39, 0.29) is 5.69 Å². The van der Waals surface area contributed by atoms with Crippen LogP contribution >= 0.6 is 0 Å². The molecule has 0 aliphatic carbocycles. The van der Waals surface area contributed by atoms with E-state index in [2.05, 4.69) is 14.7 Å². The third kappa shape index (κ3) is 2.99. The first kappa shape index (κ1) is 12.8. The number of carbonyl (C=O) groups excluding carboxylic acids is 1. The Morgan fingerprint density at radius 1 is 1.50 bits per heavy atom. The van der Waals surface area contributed by atoms with Gasteiger partial charge in [-0.2, -0.15) is 5.10 Å². The van der Waals surface area contributed by atoms with Crippen LogP contribution in [0.1, 0.15) is 10.5 Å². The average molecular weight is 254 g/mol. The number of ether oxygens (including phenoxy) is 2. The van der Waals surface area contributed by atoms with Crippen molar-refractivity contribution >= 4 is 11.7 Å². The highest BCUT2D eigenvalue weighted by molar-refractivity contribution is 5.92. The Bertz CT molecular complexity index is 412. The topological polar surface area (TPSA) is 82.6 Å². The van der Waals surface area contributed by atoms with Crippen LogP contribution in [0.4, 0.5) is 5.69 Å². The fraction of sp³-hybridized carbons (Fsp3) is 0.636. The predicted octanol–water partition coefficient (Wildman–Crippen LogP) is -0.416. The van der Waals surface area contributed by atoms with Gasteiger partial charge in [-0.15, -0.1) is 0 Å². The maximum atomic E-state index is 11.3. The number of esters is 1. The van der Waals surface area contributed by atoms with Crippen LogP contribution in [0.2, 0.25) is 0 Å². The van der Waals surface area contributed by atoms with E-state index in [0.29, 0.717) is 12.2 Å². The lowest BCUT2D eigenvalue weighted by molar-refractivity contribution is 0.0359. The van der Waals surface area contributed by atoms with Crippen LogP contribution < -0.4 is 5.73 Å². The number of nitrogens with two attached hydrogens (primary N) is 1. The normalized spacial score (nSPS) is 16.7.